The lowest BCUT2D eigenvalue weighted by molar-refractivity contribution is 1.12. The number of anilines is 1. The lowest BCUT2D eigenvalue weighted by Crippen LogP contribution is -2.00. The Labute approximate surface area is 105 Å². The second-order valence-corrected chi connectivity index (χ2v) is 4.71. The molecule has 0 aliphatic carbocycles. The SMILES string of the molecule is Cc1ccc(Br)cc1CNc1ccccc1. The summed E-state index contributed by atoms with van der Waals surface area (Å²) in [5.41, 5.74) is 3.78. The molecule has 82 valence electrons. The van der Waals surface area contributed by atoms with Crippen molar-refractivity contribution in [3.63, 3.8) is 0 Å². The summed E-state index contributed by atoms with van der Waals surface area (Å²) in [6.07, 6.45) is 0. The summed E-state index contributed by atoms with van der Waals surface area (Å²) >= 11 is 3.49. The van der Waals surface area contributed by atoms with E-state index in [4.69, 9.17) is 0 Å². The predicted molar refractivity (Wildman–Crippen MR) is 72.6 cm³/mol. The fourth-order valence-electron chi connectivity index (χ4n) is 1.58. The van der Waals surface area contributed by atoms with Crippen LogP contribution in [0.25, 0.3) is 0 Å². The van der Waals surface area contributed by atoms with Crippen LogP contribution in [-0.2, 0) is 6.54 Å². The van der Waals surface area contributed by atoms with Crippen LogP contribution in [0.15, 0.2) is 53.0 Å². The number of nitrogens with one attached hydrogen (secondary N) is 1. The molecule has 0 aromatic heterocycles. The molecule has 0 unspecified atom stereocenters. The number of halogens is 1. The summed E-state index contributed by atoms with van der Waals surface area (Å²) < 4.78 is 1.13. The van der Waals surface area contributed by atoms with Crippen molar-refractivity contribution in [3.05, 3.63) is 64.1 Å². The lowest BCUT2D eigenvalue weighted by Gasteiger charge is -2.09. The van der Waals surface area contributed by atoms with E-state index >= 15 is 0 Å². The summed E-state index contributed by atoms with van der Waals surface area (Å²) in [5.74, 6) is 0. The van der Waals surface area contributed by atoms with Crippen LogP contribution < -0.4 is 5.32 Å². The van der Waals surface area contributed by atoms with E-state index in [9.17, 15) is 0 Å². The zero-order chi connectivity index (χ0) is 11.4. The Morgan fingerprint density at radius 2 is 1.81 bits per heavy atom. The van der Waals surface area contributed by atoms with Gasteiger partial charge in [-0.1, -0.05) is 40.2 Å². The minimum Gasteiger partial charge on any atom is -0.381 e. The van der Waals surface area contributed by atoms with Crippen molar-refractivity contribution >= 4 is 21.6 Å². The monoisotopic (exact) mass is 275 g/mol. The van der Waals surface area contributed by atoms with E-state index in [0.717, 1.165) is 16.7 Å². The van der Waals surface area contributed by atoms with Gasteiger partial charge in [0.2, 0.25) is 0 Å². The lowest BCUT2D eigenvalue weighted by atomic mass is 10.1. The molecular weight excluding hydrogens is 262 g/mol. The third-order valence-corrected chi connectivity index (χ3v) is 3.06. The Morgan fingerprint density at radius 1 is 1.06 bits per heavy atom. The summed E-state index contributed by atoms with van der Waals surface area (Å²) in [5, 5.41) is 3.41. The second-order valence-electron chi connectivity index (χ2n) is 3.79. The number of para-hydroxylation sites is 1. The third kappa shape index (κ3) is 2.86. The highest BCUT2D eigenvalue weighted by Gasteiger charge is 1.99. The highest BCUT2D eigenvalue weighted by Crippen LogP contribution is 2.17. The van der Waals surface area contributed by atoms with Crippen molar-refractivity contribution in [1.82, 2.24) is 0 Å². The van der Waals surface area contributed by atoms with Gasteiger partial charge in [0.1, 0.15) is 0 Å². The maximum Gasteiger partial charge on any atom is 0.0403 e. The normalized spacial score (nSPS) is 10.1. The molecular formula is C14H14BrN. The van der Waals surface area contributed by atoms with E-state index in [0.29, 0.717) is 0 Å². The second kappa shape index (κ2) is 5.17. The smallest absolute Gasteiger partial charge is 0.0403 e. The maximum atomic E-state index is 3.49. The molecule has 0 radical (unpaired) electrons. The summed E-state index contributed by atoms with van der Waals surface area (Å²) in [7, 11) is 0. The van der Waals surface area contributed by atoms with Crippen molar-refractivity contribution < 1.29 is 0 Å². The molecule has 0 atom stereocenters. The molecule has 0 bridgehead atoms. The molecule has 0 spiro atoms. The van der Waals surface area contributed by atoms with E-state index in [2.05, 4.69) is 58.5 Å². The fraction of sp³-hybridized carbons (Fsp3) is 0.143. The average Bonchev–Trinajstić information content (AvgIpc) is 2.32. The van der Waals surface area contributed by atoms with Gasteiger partial charge >= 0.3 is 0 Å². The Morgan fingerprint density at radius 3 is 2.56 bits per heavy atom. The quantitative estimate of drug-likeness (QED) is 0.877. The van der Waals surface area contributed by atoms with Crippen molar-refractivity contribution in [2.45, 2.75) is 13.5 Å². The molecule has 0 amide bonds. The zero-order valence-electron chi connectivity index (χ0n) is 9.20. The minimum absolute atomic E-state index is 0.856. The number of rotatable bonds is 3. The van der Waals surface area contributed by atoms with Gasteiger partial charge in [-0.05, 0) is 42.3 Å². The van der Waals surface area contributed by atoms with E-state index < -0.39 is 0 Å². The van der Waals surface area contributed by atoms with Gasteiger partial charge < -0.3 is 5.32 Å². The number of hydrogen-bond donors (Lipinski definition) is 1. The van der Waals surface area contributed by atoms with Gasteiger partial charge in [-0.25, -0.2) is 0 Å². The molecule has 2 heteroatoms. The molecule has 0 aliphatic rings. The average molecular weight is 276 g/mol. The molecule has 0 aliphatic heterocycles. The van der Waals surface area contributed by atoms with Crippen LogP contribution >= 0.6 is 15.9 Å². The first-order valence-electron chi connectivity index (χ1n) is 5.29. The van der Waals surface area contributed by atoms with Crippen LogP contribution in [0.2, 0.25) is 0 Å². The van der Waals surface area contributed by atoms with Crippen LogP contribution in [-0.4, -0.2) is 0 Å². The van der Waals surface area contributed by atoms with E-state index in [1.54, 1.807) is 0 Å². The minimum atomic E-state index is 0.856. The van der Waals surface area contributed by atoms with Crippen LogP contribution in [0.4, 0.5) is 5.69 Å². The summed E-state index contributed by atoms with van der Waals surface area (Å²) in [4.78, 5) is 0. The van der Waals surface area contributed by atoms with Crippen molar-refractivity contribution in [2.24, 2.45) is 0 Å². The first kappa shape index (κ1) is 11.2. The van der Waals surface area contributed by atoms with Crippen LogP contribution in [0.5, 0.6) is 0 Å². The number of hydrogen-bond acceptors (Lipinski definition) is 1. The third-order valence-electron chi connectivity index (χ3n) is 2.57. The van der Waals surface area contributed by atoms with Crippen molar-refractivity contribution in [3.8, 4) is 0 Å². The molecule has 0 fully saturated rings. The highest BCUT2D eigenvalue weighted by atomic mass is 79.9. The van der Waals surface area contributed by atoms with E-state index in [1.165, 1.54) is 11.1 Å². The standard InChI is InChI=1S/C14H14BrN/c1-11-7-8-13(15)9-12(11)10-16-14-5-3-2-4-6-14/h2-9,16H,10H2,1H3. The molecule has 2 rings (SSSR count). The molecule has 16 heavy (non-hydrogen) atoms. The van der Waals surface area contributed by atoms with E-state index in [-0.39, 0.29) is 0 Å². The van der Waals surface area contributed by atoms with Gasteiger partial charge in [-0.15, -0.1) is 0 Å². The van der Waals surface area contributed by atoms with Gasteiger partial charge in [0.25, 0.3) is 0 Å². The summed E-state index contributed by atoms with van der Waals surface area (Å²) in [6, 6.07) is 16.6. The Kier molecular flexibility index (Phi) is 3.62. The molecule has 0 heterocycles. The van der Waals surface area contributed by atoms with Gasteiger partial charge in [0.15, 0.2) is 0 Å². The molecule has 1 nitrogen and oxygen atoms in total. The Bertz CT molecular complexity index is 465. The molecule has 1 N–H and O–H groups in total. The fourth-order valence-corrected chi connectivity index (χ4v) is 1.99. The maximum absolute atomic E-state index is 3.49. The molecule has 2 aromatic carbocycles. The molecule has 0 saturated heterocycles. The van der Waals surface area contributed by atoms with E-state index in [1.807, 2.05) is 18.2 Å². The first-order chi connectivity index (χ1) is 7.75. The van der Waals surface area contributed by atoms with Crippen molar-refractivity contribution in [1.29, 1.82) is 0 Å². The van der Waals surface area contributed by atoms with Gasteiger partial charge in [-0.3, -0.25) is 0 Å². The topological polar surface area (TPSA) is 12.0 Å². The number of aryl methyl sites for hydroxylation is 1. The van der Waals surface area contributed by atoms with Crippen LogP contribution in [0.1, 0.15) is 11.1 Å². The van der Waals surface area contributed by atoms with Gasteiger partial charge in [0, 0.05) is 16.7 Å². The Balaban J connectivity index is 2.08. The molecule has 0 saturated carbocycles. The highest BCUT2D eigenvalue weighted by molar-refractivity contribution is 9.10. The zero-order valence-corrected chi connectivity index (χ0v) is 10.8. The summed E-state index contributed by atoms with van der Waals surface area (Å²) in [6.45, 7) is 2.99. The van der Waals surface area contributed by atoms with Crippen LogP contribution in [0, 0.1) is 6.92 Å². The first-order valence-corrected chi connectivity index (χ1v) is 6.09. The van der Waals surface area contributed by atoms with Gasteiger partial charge in [0.05, 0.1) is 0 Å². The molecule has 2 aromatic rings. The largest absolute Gasteiger partial charge is 0.381 e. The Hall–Kier alpha value is -1.28. The number of benzene rings is 2. The van der Waals surface area contributed by atoms with Crippen molar-refractivity contribution in [2.75, 3.05) is 5.32 Å². The van der Waals surface area contributed by atoms with Crippen LogP contribution in [0.3, 0.4) is 0 Å². The van der Waals surface area contributed by atoms with Gasteiger partial charge in [-0.2, -0.15) is 0 Å². The predicted octanol–water partition coefficient (Wildman–Crippen LogP) is 4.37.